The monoisotopic (exact) mass is 208 g/mol. The maximum Gasteiger partial charge on any atom is 0.103 e. The molecule has 86 valence electrons. The Kier molecular flexibility index (Phi) is 3.95. The van der Waals surface area contributed by atoms with Crippen molar-refractivity contribution in [3.63, 3.8) is 0 Å². The predicted molar refractivity (Wildman–Crippen MR) is 67.1 cm³/mol. The summed E-state index contributed by atoms with van der Waals surface area (Å²) in [4.78, 5) is 6.75. The third-order valence-electron chi connectivity index (χ3n) is 3.25. The van der Waals surface area contributed by atoms with Crippen molar-refractivity contribution in [1.29, 1.82) is 0 Å². The number of hydrogen-bond acceptors (Lipinski definition) is 1. The number of likely N-dealkylation sites (tertiary alicyclic amines) is 1. The van der Waals surface area contributed by atoms with Gasteiger partial charge in [0.05, 0.1) is 0 Å². The second kappa shape index (κ2) is 4.82. The van der Waals surface area contributed by atoms with Gasteiger partial charge >= 0.3 is 0 Å². The molecule has 1 aliphatic heterocycles. The fourth-order valence-corrected chi connectivity index (χ4v) is 2.12. The highest BCUT2D eigenvalue weighted by atomic mass is 15.2. The summed E-state index contributed by atoms with van der Waals surface area (Å²) in [6.45, 7) is 14.9. The van der Waals surface area contributed by atoms with Crippen molar-refractivity contribution in [1.82, 2.24) is 4.90 Å². The fraction of sp³-hybridized carbons (Fsp3) is 0.769. The predicted octanol–water partition coefficient (Wildman–Crippen LogP) is 3.31. The summed E-state index contributed by atoms with van der Waals surface area (Å²) < 4.78 is 0. The molecule has 1 saturated heterocycles. The minimum atomic E-state index is 0.388. The van der Waals surface area contributed by atoms with Crippen molar-refractivity contribution in [3.05, 3.63) is 12.8 Å². The van der Waals surface area contributed by atoms with Crippen LogP contribution in [0.5, 0.6) is 0 Å². The average Bonchev–Trinajstić information content (AvgIpc) is 2.17. The molecule has 0 N–H and O–H groups in total. The van der Waals surface area contributed by atoms with E-state index in [1.54, 1.807) is 0 Å². The summed E-state index contributed by atoms with van der Waals surface area (Å²) in [6, 6.07) is 0. The smallest absolute Gasteiger partial charge is 0.103 e. The first-order valence-electron chi connectivity index (χ1n) is 5.91. The normalized spacial score (nSPS) is 25.7. The largest absolute Gasteiger partial charge is 0.337 e. The van der Waals surface area contributed by atoms with Gasteiger partial charge in [0.25, 0.3) is 0 Å². The number of rotatable bonds is 2. The van der Waals surface area contributed by atoms with Gasteiger partial charge in [-0.05, 0) is 30.9 Å². The van der Waals surface area contributed by atoms with Crippen LogP contribution in [0.15, 0.2) is 17.8 Å². The Bertz CT molecular complexity index is 248. The van der Waals surface area contributed by atoms with Gasteiger partial charge in [-0.25, -0.2) is 0 Å². The quantitative estimate of drug-likeness (QED) is 0.680. The van der Waals surface area contributed by atoms with E-state index in [0.717, 1.165) is 25.4 Å². The van der Waals surface area contributed by atoms with Crippen molar-refractivity contribution < 1.29 is 0 Å². The summed E-state index contributed by atoms with van der Waals surface area (Å²) in [6.07, 6.45) is 4.28. The molecule has 0 radical (unpaired) electrons. The first-order chi connectivity index (χ1) is 6.99. The SMILES string of the molecule is C=CN1CC(C(C)(C)C)CC/C1=N/CC. The number of amidine groups is 1. The molecule has 1 rings (SSSR count). The molecule has 0 aromatic heterocycles. The zero-order chi connectivity index (χ0) is 11.5. The van der Waals surface area contributed by atoms with E-state index in [1.165, 1.54) is 12.3 Å². The first kappa shape index (κ1) is 12.3. The van der Waals surface area contributed by atoms with Crippen LogP contribution in [0.3, 0.4) is 0 Å². The van der Waals surface area contributed by atoms with Gasteiger partial charge in [-0.2, -0.15) is 0 Å². The molecule has 1 unspecified atom stereocenters. The van der Waals surface area contributed by atoms with Gasteiger partial charge in [0, 0.05) is 19.5 Å². The maximum absolute atomic E-state index is 4.52. The minimum absolute atomic E-state index is 0.388. The van der Waals surface area contributed by atoms with Crippen LogP contribution < -0.4 is 0 Å². The summed E-state index contributed by atoms with van der Waals surface area (Å²) in [5.41, 5.74) is 0.388. The van der Waals surface area contributed by atoms with Gasteiger partial charge < -0.3 is 4.90 Å². The number of aliphatic imine (C=N–C) groups is 1. The van der Waals surface area contributed by atoms with E-state index in [1.807, 2.05) is 6.20 Å². The molecule has 0 spiro atoms. The lowest BCUT2D eigenvalue weighted by Crippen LogP contribution is -2.41. The van der Waals surface area contributed by atoms with Crippen LogP contribution in [0.4, 0.5) is 0 Å². The van der Waals surface area contributed by atoms with Gasteiger partial charge in [0.1, 0.15) is 5.84 Å². The molecule has 1 atom stereocenters. The molecule has 1 fully saturated rings. The third-order valence-corrected chi connectivity index (χ3v) is 3.25. The Morgan fingerprint density at radius 1 is 1.53 bits per heavy atom. The Morgan fingerprint density at radius 2 is 2.20 bits per heavy atom. The molecule has 0 bridgehead atoms. The van der Waals surface area contributed by atoms with Crippen molar-refractivity contribution in [2.45, 2.75) is 40.5 Å². The Balaban J connectivity index is 2.71. The summed E-state index contributed by atoms with van der Waals surface area (Å²) >= 11 is 0. The molecule has 1 heterocycles. The maximum atomic E-state index is 4.52. The summed E-state index contributed by atoms with van der Waals surface area (Å²) in [7, 11) is 0. The molecule has 0 saturated carbocycles. The standard InChI is InChI=1S/C13H24N2/c1-6-14-12-9-8-11(13(3,4)5)10-15(12)7-2/h7,11H,2,6,8-10H2,1,3-5H3/b14-12-. The van der Waals surface area contributed by atoms with Gasteiger partial charge in [-0.3, -0.25) is 4.99 Å². The second-order valence-corrected chi connectivity index (χ2v) is 5.33. The molecule has 15 heavy (non-hydrogen) atoms. The van der Waals surface area contributed by atoms with E-state index in [-0.39, 0.29) is 0 Å². The molecule has 2 heteroatoms. The summed E-state index contributed by atoms with van der Waals surface area (Å²) in [5, 5.41) is 0. The Morgan fingerprint density at radius 3 is 2.67 bits per heavy atom. The van der Waals surface area contributed by atoms with E-state index in [0.29, 0.717) is 5.41 Å². The molecule has 1 aliphatic rings. The highest BCUT2D eigenvalue weighted by molar-refractivity contribution is 5.83. The van der Waals surface area contributed by atoms with Crippen LogP contribution in [0.25, 0.3) is 0 Å². The number of nitrogens with zero attached hydrogens (tertiary/aromatic N) is 2. The van der Waals surface area contributed by atoms with Gasteiger partial charge in [-0.15, -0.1) is 0 Å². The molecule has 0 aromatic carbocycles. The van der Waals surface area contributed by atoms with Crippen LogP contribution in [0.2, 0.25) is 0 Å². The van der Waals surface area contributed by atoms with Crippen molar-refractivity contribution in [2.24, 2.45) is 16.3 Å². The lowest BCUT2D eigenvalue weighted by molar-refractivity contribution is 0.182. The molecular formula is C13H24N2. The lowest BCUT2D eigenvalue weighted by atomic mass is 9.76. The molecule has 2 nitrogen and oxygen atoms in total. The molecule has 0 aliphatic carbocycles. The van der Waals surface area contributed by atoms with E-state index in [2.05, 4.69) is 44.2 Å². The van der Waals surface area contributed by atoms with Crippen LogP contribution >= 0.6 is 0 Å². The molecular weight excluding hydrogens is 184 g/mol. The van der Waals surface area contributed by atoms with E-state index < -0.39 is 0 Å². The third kappa shape index (κ3) is 3.08. The first-order valence-corrected chi connectivity index (χ1v) is 5.91. The number of piperidine rings is 1. The average molecular weight is 208 g/mol. The Labute approximate surface area is 94.1 Å². The van der Waals surface area contributed by atoms with Crippen LogP contribution in [0.1, 0.15) is 40.5 Å². The molecule has 0 amide bonds. The fourth-order valence-electron chi connectivity index (χ4n) is 2.12. The van der Waals surface area contributed by atoms with Gasteiger partial charge in [-0.1, -0.05) is 27.4 Å². The highest BCUT2D eigenvalue weighted by Crippen LogP contribution is 2.33. The second-order valence-electron chi connectivity index (χ2n) is 5.33. The van der Waals surface area contributed by atoms with Crippen LogP contribution in [0, 0.1) is 11.3 Å². The summed E-state index contributed by atoms with van der Waals surface area (Å²) in [5.74, 6) is 1.96. The van der Waals surface area contributed by atoms with E-state index in [4.69, 9.17) is 0 Å². The van der Waals surface area contributed by atoms with Crippen LogP contribution in [-0.2, 0) is 0 Å². The van der Waals surface area contributed by atoms with Gasteiger partial charge in [0.2, 0.25) is 0 Å². The zero-order valence-corrected chi connectivity index (χ0v) is 10.6. The minimum Gasteiger partial charge on any atom is -0.337 e. The highest BCUT2D eigenvalue weighted by Gasteiger charge is 2.30. The molecule has 0 aromatic rings. The topological polar surface area (TPSA) is 15.6 Å². The Hall–Kier alpha value is -0.790. The zero-order valence-electron chi connectivity index (χ0n) is 10.6. The van der Waals surface area contributed by atoms with Gasteiger partial charge in [0.15, 0.2) is 0 Å². The van der Waals surface area contributed by atoms with E-state index >= 15 is 0 Å². The van der Waals surface area contributed by atoms with Crippen LogP contribution in [-0.4, -0.2) is 23.8 Å². The van der Waals surface area contributed by atoms with Crippen molar-refractivity contribution in [3.8, 4) is 0 Å². The number of hydrogen-bond donors (Lipinski definition) is 0. The van der Waals surface area contributed by atoms with Crippen molar-refractivity contribution >= 4 is 5.84 Å². The van der Waals surface area contributed by atoms with E-state index in [9.17, 15) is 0 Å². The van der Waals surface area contributed by atoms with Crippen molar-refractivity contribution in [2.75, 3.05) is 13.1 Å². The lowest BCUT2D eigenvalue weighted by Gasteiger charge is -2.39.